The monoisotopic (exact) mass is 335 g/mol. The molecule has 2 aromatic heterocycles. The molecule has 0 amide bonds. The number of hydrogen-bond donors (Lipinski definition) is 0. The third-order valence-corrected chi connectivity index (χ3v) is 3.67. The Morgan fingerprint density at radius 2 is 1.43 bits per heavy atom. The fourth-order valence-electron chi connectivity index (χ4n) is 1.89. The van der Waals surface area contributed by atoms with E-state index in [9.17, 15) is 0 Å². The predicted octanol–water partition coefficient (Wildman–Crippen LogP) is 5.17. The predicted molar refractivity (Wildman–Crippen MR) is 85.7 cm³/mol. The number of rotatable bonds is 2. The van der Waals surface area contributed by atoms with Crippen molar-refractivity contribution >= 4 is 34.8 Å². The van der Waals surface area contributed by atoms with E-state index in [0.29, 0.717) is 16.4 Å². The molecular formula is C15H8Cl3N3. The van der Waals surface area contributed by atoms with Crippen molar-refractivity contribution in [3.63, 3.8) is 0 Å². The number of nitrogens with zero attached hydrogens (tertiary/aromatic N) is 3. The van der Waals surface area contributed by atoms with Crippen LogP contribution in [-0.2, 0) is 0 Å². The molecule has 1 aromatic carbocycles. The van der Waals surface area contributed by atoms with Crippen LogP contribution in [0.3, 0.4) is 0 Å². The molecule has 6 heteroatoms. The minimum Gasteiger partial charge on any atom is -0.264 e. The van der Waals surface area contributed by atoms with Gasteiger partial charge in [-0.25, -0.2) is 9.97 Å². The average Bonchev–Trinajstić information content (AvgIpc) is 2.49. The maximum Gasteiger partial charge on any atom is 0.164 e. The third kappa shape index (κ3) is 3.00. The van der Waals surface area contributed by atoms with Gasteiger partial charge in [-0.1, -0.05) is 46.9 Å². The molecule has 0 fully saturated rings. The van der Waals surface area contributed by atoms with Crippen LogP contribution >= 0.6 is 34.8 Å². The van der Waals surface area contributed by atoms with Crippen LogP contribution in [0.2, 0.25) is 15.3 Å². The minimum atomic E-state index is 0.288. The lowest BCUT2D eigenvalue weighted by atomic mass is 10.1. The van der Waals surface area contributed by atoms with E-state index >= 15 is 0 Å². The Bertz CT molecular complexity index is 751. The Balaban J connectivity index is 2.11. The molecule has 0 N–H and O–H groups in total. The molecule has 0 aliphatic carbocycles. The van der Waals surface area contributed by atoms with E-state index in [2.05, 4.69) is 15.0 Å². The van der Waals surface area contributed by atoms with Crippen LogP contribution in [0.15, 0.2) is 48.8 Å². The van der Waals surface area contributed by atoms with Gasteiger partial charge in [0.25, 0.3) is 0 Å². The van der Waals surface area contributed by atoms with Gasteiger partial charge in [0.2, 0.25) is 0 Å². The van der Waals surface area contributed by atoms with Crippen molar-refractivity contribution in [3.05, 3.63) is 64.1 Å². The number of hydrogen-bond acceptors (Lipinski definition) is 3. The van der Waals surface area contributed by atoms with Gasteiger partial charge in [-0.3, -0.25) is 4.98 Å². The van der Waals surface area contributed by atoms with Crippen LogP contribution in [0.4, 0.5) is 0 Å². The number of pyridine rings is 1. The smallest absolute Gasteiger partial charge is 0.164 e. The fourth-order valence-corrected chi connectivity index (χ4v) is 2.62. The Labute approximate surface area is 136 Å². The molecule has 21 heavy (non-hydrogen) atoms. The van der Waals surface area contributed by atoms with Crippen LogP contribution < -0.4 is 0 Å². The van der Waals surface area contributed by atoms with E-state index in [1.54, 1.807) is 30.6 Å². The molecule has 3 rings (SSSR count). The highest BCUT2D eigenvalue weighted by Crippen LogP contribution is 2.34. The highest BCUT2D eigenvalue weighted by Gasteiger charge is 2.14. The lowest BCUT2D eigenvalue weighted by molar-refractivity contribution is 1.17. The standard InChI is InChI=1S/C15H8Cl3N3/c16-11-5-3-9(4-6-11)12-13(17)20-15(21-14(12)18)10-2-1-7-19-8-10/h1-8H. The van der Waals surface area contributed by atoms with E-state index in [4.69, 9.17) is 34.8 Å². The van der Waals surface area contributed by atoms with Crippen LogP contribution in [0.25, 0.3) is 22.5 Å². The maximum atomic E-state index is 6.27. The van der Waals surface area contributed by atoms with Gasteiger partial charge in [0, 0.05) is 23.0 Å². The summed E-state index contributed by atoms with van der Waals surface area (Å²) in [4.78, 5) is 12.6. The molecule has 104 valence electrons. The largest absolute Gasteiger partial charge is 0.264 e. The summed E-state index contributed by atoms with van der Waals surface area (Å²) in [5, 5.41) is 1.21. The summed E-state index contributed by atoms with van der Waals surface area (Å²) < 4.78 is 0. The number of aromatic nitrogens is 3. The minimum absolute atomic E-state index is 0.288. The van der Waals surface area contributed by atoms with Crippen molar-refractivity contribution in [3.8, 4) is 22.5 Å². The summed E-state index contributed by atoms with van der Waals surface area (Å²) in [6.07, 6.45) is 3.33. The van der Waals surface area contributed by atoms with Gasteiger partial charge >= 0.3 is 0 Å². The molecule has 3 aromatic rings. The summed E-state index contributed by atoms with van der Waals surface area (Å²) in [6, 6.07) is 10.8. The first-order valence-corrected chi connectivity index (χ1v) is 7.18. The fraction of sp³-hybridized carbons (Fsp3) is 0. The average molecular weight is 337 g/mol. The van der Waals surface area contributed by atoms with Crippen molar-refractivity contribution in [2.75, 3.05) is 0 Å². The lowest BCUT2D eigenvalue weighted by Gasteiger charge is -2.08. The first-order valence-electron chi connectivity index (χ1n) is 6.04. The SMILES string of the molecule is Clc1ccc(-c2c(Cl)nc(-c3cccnc3)nc2Cl)cc1. The van der Waals surface area contributed by atoms with Crippen LogP contribution in [0.1, 0.15) is 0 Å². The molecule has 0 aliphatic rings. The van der Waals surface area contributed by atoms with Gasteiger partial charge in [0.15, 0.2) is 5.82 Å². The Morgan fingerprint density at radius 3 is 2.00 bits per heavy atom. The second-order valence-electron chi connectivity index (χ2n) is 4.25. The molecule has 0 saturated heterocycles. The first-order chi connectivity index (χ1) is 10.1. The molecule has 2 heterocycles. The van der Waals surface area contributed by atoms with Crippen LogP contribution in [0.5, 0.6) is 0 Å². The van der Waals surface area contributed by atoms with Crippen LogP contribution in [-0.4, -0.2) is 15.0 Å². The zero-order valence-corrected chi connectivity index (χ0v) is 12.9. The molecule has 0 aliphatic heterocycles. The Hall–Kier alpha value is -1.68. The summed E-state index contributed by atoms with van der Waals surface area (Å²) >= 11 is 18.4. The summed E-state index contributed by atoms with van der Waals surface area (Å²) in [7, 11) is 0. The second-order valence-corrected chi connectivity index (χ2v) is 5.40. The summed E-state index contributed by atoms with van der Waals surface area (Å²) in [5.74, 6) is 0.441. The summed E-state index contributed by atoms with van der Waals surface area (Å²) in [6.45, 7) is 0. The molecule has 0 unspecified atom stereocenters. The van der Waals surface area contributed by atoms with Crippen molar-refractivity contribution in [2.45, 2.75) is 0 Å². The zero-order chi connectivity index (χ0) is 14.8. The van der Waals surface area contributed by atoms with Crippen molar-refractivity contribution in [1.29, 1.82) is 0 Å². The van der Waals surface area contributed by atoms with E-state index in [-0.39, 0.29) is 10.3 Å². The van der Waals surface area contributed by atoms with E-state index in [1.807, 2.05) is 18.2 Å². The van der Waals surface area contributed by atoms with Gasteiger partial charge in [-0.2, -0.15) is 0 Å². The van der Waals surface area contributed by atoms with Gasteiger partial charge in [0.1, 0.15) is 10.3 Å². The first kappa shape index (κ1) is 14.3. The molecule has 0 saturated carbocycles. The third-order valence-electron chi connectivity index (χ3n) is 2.87. The van der Waals surface area contributed by atoms with Crippen molar-refractivity contribution in [2.24, 2.45) is 0 Å². The van der Waals surface area contributed by atoms with Gasteiger partial charge in [-0.15, -0.1) is 0 Å². The Kier molecular flexibility index (Phi) is 4.06. The number of benzene rings is 1. The lowest BCUT2D eigenvalue weighted by Crippen LogP contribution is -1.95. The van der Waals surface area contributed by atoms with Crippen molar-refractivity contribution in [1.82, 2.24) is 15.0 Å². The van der Waals surface area contributed by atoms with Gasteiger partial charge < -0.3 is 0 Å². The molecule has 0 radical (unpaired) electrons. The highest BCUT2D eigenvalue weighted by molar-refractivity contribution is 6.38. The van der Waals surface area contributed by atoms with E-state index in [1.165, 1.54) is 0 Å². The normalized spacial score (nSPS) is 10.6. The zero-order valence-electron chi connectivity index (χ0n) is 10.6. The highest BCUT2D eigenvalue weighted by atomic mass is 35.5. The van der Waals surface area contributed by atoms with E-state index in [0.717, 1.165) is 11.1 Å². The quantitative estimate of drug-likeness (QED) is 0.606. The summed E-state index contributed by atoms with van der Waals surface area (Å²) in [5.41, 5.74) is 2.15. The molecular weight excluding hydrogens is 329 g/mol. The van der Waals surface area contributed by atoms with Gasteiger partial charge in [-0.05, 0) is 29.8 Å². The number of halogens is 3. The van der Waals surface area contributed by atoms with E-state index < -0.39 is 0 Å². The topological polar surface area (TPSA) is 38.7 Å². The van der Waals surface area contributed by atoms with Crippen molar-refractivity contribution < 1.29 is 0 Å². The molecule has 0 spiro atoms. The maximum absolute atomic E-state index is 6.27. The Morgan fingerprint density at radius 1 is 0.762 bits per heavy atom. The molecule has 0 atom stereocenters. The van der Waals surface area contributed by atoms with Crippen LogP contribution in [0, 0.1) is 0 Å². The van der Waals surface area contributed by atoms with Gasteiger partial charge in [0.05, 0.1) is 5.56 Å². The second kappa shape index (κ2) is 5.98. The molecule has 0 bridgehead atoms. The molecule has 3 nitrogen and oxygen atoms in total.